The minimum absolute atomic E-state index is 0.0160. The molecule has 17 heteroatoms. The summed E-state index contributed by atoms with van der Waals surface area (Å²) in [4.78, 5) is 76.4. The quantitative estimate of drug-likeness (QED) is 0.0741. The van der Waals surface area contributed by atoms with Crippen molar-refractivity contribution in [1.82, 2.24) is 25.5 Å². The van der Waals surface area contributed by atoms with Crippen molar-refractivity contribution in [3.63, 3.8) is 0 Å². The van der Waals surface area contributed by atoms with Crippen molar-refractivity contribution in [2.24, 2.45) is 0 Å². The van der Waals surface area contributed by atoms with Gasteiger partial charge in [-0.25, -0.2) is 4.98 Å². The number of thioether (sulfide) groups is 1. The molecule has 3 aliphatic heterocycles. The van der Waals surface area contributed by atoms with E-state index in [-0.39, 0.29) is 50.3 Å². The van der Waals surface area contributed by atoms with Gasteiger partial charge in [-0.2, -0.15) is 4.98 Å². The van der Waals surface area contributed by atoms with Gasteiger partial charge in [0.05, 0.1) is 30.1 Å². The molecule has 4 heterocycles. The maximum absolute atomic E-state index is 13.4. The van der Waals surface area contributed by atoms with Gasteiger partial charge in [0.1, 0.15) is 16.8 Å². The van der Waals surface area contributed by atoms with E-state index in [0.29, 0.717) is 38.9 Å². The van der Waals surface area contributed by atoms with Gasteiger partial charge in [0.2, 0.25) is 23.7 Å². The van der Waals surface area contributed by atoms with Gasteiger partial charge in [-0.15, -0.1) is 11.8 Å². The molecule has 3 aromatic carbocycles. The lowest BCUT2D eigenvalue weighted by Gasteiger charge is -2.34. The number of para-hydroxylation sites is 1. The minimum Gasteiger partial charge on any atom is -0.494 e. The number of carbonyl (C=O) groups excluding carboxylic acids is 5. The molecule has 0 radical (unpaired) electrons. The fourth-order valence-electron chi connectivity index (χ4n) is 7.15. The number of ether oxygens (including phenoxy) is 1. The lowest BCUT2D eigenvalue weighted by atomic mass is 10.0. The number of nitrogens with one attached hydrogen (secondary N) is 4. The minimum atomic E-state index is -1.03. The van der Waals surface area contributed by atoms with Crippen LogP contribution in [0.5, 0.6) is 5.75 Å². The van der Waals surface area contributed by atoms with E-state index >= 15 is 0 Å². The number of piperidine rings is 2. The highest BCUT2D eigenvalue weighted by Gasteiger charge is 2.45. The molecule has 2 saturated heterocycles. The van der Waals surface area contributed by atoms with Crippen LogP contribution in [0.1, 0.15) is 52.8 Å². The van der Waals surface area contributed by atoms with E-state index in [9.17, 15) is 24.0 Å². The van der Waals surface area contributed by atoms with Crippen LogP contribution in [0.2, 0.25) is 5.02 Å². The number of amides is 5. The van der Waals surface area contributed by atoms with Gasteiger partial charge in [0.15, 0.2) is 5.82 Å². The van der Waals surface area contributed by atoms with Crippen LogP contribution in [-0.4, -0.2) is 95.8 Å². The Morgan fingerprint density at radius 2 is 1.77 bits per heavy atom. The van der Waals surface area contributed by atoms with Gasteiger partial charge in [-0.05, 0) is 68.2 Å². The number of rotatable bonds is 13. The molecule has 4 aromatic rings. The molecular weight excluding hydrogens is 787 g/mol. The van der Waals surface area contributed by atoms with Crippen molar-refractivity contribution in [2.45, 2.75) is 49.1 Å². The molecule has 5 amide bonds. The first-order valence-corrected chi connectivity index (χ1v) is 22.1. The number of anilines is 5. The molecule has 1 unspecified atom stereocenters. The Kier molecular flexibility index (Phi) is 12.3. The summed E-state index contributed by atoms with van der Waals surface area (Å²) < 4.78 is 5.75. The van der Waals surface area contributed by atoms with Gasteiger partial charge in [0, 0.05) is 60.1 Å². The summed E-state index contributed by atoms with van der Waals surface area (Å²) in [6, 6.07) is 18.0. The second-order valence-corrected chi connectivity index (χ2v) is 17.8. The van der Waals surface area contributed by atoms with E-state index in [0.717, 1.165) is 42.2 Å². The third kappa shape index (κ3) is 8.85. The summed E-state index contributed by atoms with van der Waals surface area (Å²) >= 11 is 7.81. The van der Waals surface area contributed by atoms with Crippen LogP contribution >= 0.6 is 31.3 Å². The third-order valence-electron chi connectivity index (χ3n) is 10.1. The van der Waals surface area contributed by atoms with E-state index in [1.54, 1.807) is 31.5 Å². The second kappa shape index (κ2) is 17.5. The van der Waals surface area contributed by atoms with E-state index in [1.807, 2.05) is 36.4 Å². The van der Waals surface area contributed by atoms with Gasteiger partial charge in [-0.1, -0.05) is 43.8 Å². The molecule has 1 atom stereocenters. The van der Waals surface area contributed by atoms with Crippen LogP contribution in [0.4, 0.5) is 28.8 Å². The van der Waals surface area contributed by atoms with Gasteiger partial charge < -0.3 is 25.6 Å². The fourth-order valence-corrected chi connectivity index (χ4v) is 9.31. The summed E-state index contributed by atoms with van der Waals surface area (Å²) in [5.41, 5.74) is 3.09. The molecular formula is C40H42ClN8O6PS. The predicted molar refractivity (Wildman–Crippen MR) is 223 cm³/mol. The molecule has 2 fully saturated rings. The van der Waals surface area contributed by atoms with Crippen LogP contribution in [0.25, 0.3) is 0 Å². The van der Waals surface area contributed by atoms with Gasteiger partial charge in [0.25, 0.3) is 11.8 Å². The molecule has 1 aromatic heterocycles. The van der Waals surface area contributed by atoms with Gasteiger partial charge >= 0.3 is 0 Å². The van der Waals surface area contributed by atoms with Crippen molar-refractivity contribution >= 4 is 95.0 Å². The van der Waals surface area contributed by atoms with Crippen molar-refractivity contribution in [3.05, 3.63) is 83.0 Å². The van der Waals surface area contributed by atoms with Crippen LogP contribution < -0.4 is 36.2 Å². The van der Waals surface area contributed by atoms with E-state index < -0.39 is 29.7 Å². The van der Waals surface area contributed by atoms with Crippen LogP contribution in [-0.2, 0) is 14.4 Å². The summed E-state index contributed by atoms with van der Waals surface area (Å²) in [7, 11) is 1.27. The lowest BCUT2D eigenvalue weighted by Crippen LogP contribution is -2.54. The Morgan fingerprint density at radius 3 is 2.53 bits per heavy atom. The Hall–Kier alpha value is -5.24. The summed E-state index contributed by atoms with van der Waals surface area (Å²) in [5.74, 6) is -0.402. The Labute approximate surface area is 340 Å². The van der Waals surface area contributed by atoms with Crippen molar-refractivity contribution < 1.29 is 28.7 Å². The third-order valence-corrected chi connectivity index (χ3v) is 12.7. The van der Waals surface area contributed by atoms with Crippen molar-refractivity contribution in [1.29, 1.82) is 0 Å². The number of hydrogen-bond donors (Lipinski definition) is 4. The molecule has 296 valence electrons. The maximum Gasteiger partial charge on any atom is 0.263 e. The molecule has 0 saturated carbocycles. The number of methoxy groups -OCH3 is 1. The highest BCUT2D eigenvalue weighted by molar-refractivity contribution is 7.99. The second-order valence-electron chi connectivity index (χ2n) is 14.0. The number of halogens is 1. The number of fused-ring (bicyclic) bond motifs is 1. The Bertz CT molecular complexity index is 2240. The maximum atomic E-state index is 13.4. The van der Waals surface area contributed by atoms with Gasteiger partial charge in [-0.3, -0.25) is 34.2 Å². The highest BCUT2D eigenvalue weighted by Crippen LogP contribution is 2.36. The SMILES string of the molecule is COc1cc(N2CCC(NC(=O)CCSc3cccc4c3C(=O)N(C3CCC(=O)NC3=O)C4=O)CC2)ccc1Nc1ncc(Cl)c(Nc2ccccc2P(C)C)n1. The highest BCUT2D eigenvalue weighted by atomic mass is 35.5. The first-order chi connectivity index (χ1) is 27.5. The van der Waals surface area contributed by atoms with Crippen LogP contribution in [0, 0.1) is 0 Å². The lowest BCUT2D eigenvalue weighted by molar-refractivity contribution is -0.136. The largest absolute Gasteiger partial charge is 0.494 e. The average molecular weight is 829 g/mol. The molecule has 4 N–H and O–H groups in total. The number of aromatic nitrogens is 2. The van der Waals surface area contributed by atoms with E-state index in [1.165, 1.54) is 17.1 Å². The Balaban J connectivity index is 0.901. The fraction of sp³-hybridized carbons (Fsp3) is 0.325. The summed E-state index contributed by atoms with van der Waals surface area (Å²) in [6.45, 7) is 5.87. The molecule has 3 aliphatic rings. The van der Waals surface area contributed by atoms with Crippen LogP contribution in [0.3, 0.4) is 0 Å². The molecule has 0 aliphatic carbocycles. The number of nitrogens with zero attached hydrogens (tertiary/aromatic N) is 4. The topological polar surface area (TPSA) is 175 Å². The first kappa shape index (κ1) is 40.0. The van der Waals surface area contributed by atoms with E-state index in [4.69, 9.17) is 16.3 Å². The summed E-state index contributed by atoms with van der Waals surface area (Å²) in [6.07, 6.45) is 3.44. The molecule has 57 heavy (non-hydrogen) atoms. The number of carbonyl (C=O) groups is 5. The molecule has 0 spiro atoms. The van der Waals surface area contributed by atoms with Crippen LogP contribution in [0.15, 0.2) is 71.8 Å². The molecule has 7 rings (SSSR count). The zero-order chi connectivity index (χ0) is 40.2. The van der Waals surface area contributed by atoms with Crippen molar-refractivity contribution in [2.75, 3.05) is 54.8 Å². The zero-order valence-electron chi connectivity index (χ0n) is 31.6. The number of imide groups is 2. The van der Waals surface area contributed by atoms with Crippen molar-refractivity contribution in [3.8, 4) is 5.75 Å². The Morgan fingerprint density at radius 1 is 0.982 bits per heavy atom. The zero-order valence-corrected chi connectivity index (χ0v) is 34.1. The number of benzene rings is 3. The van der Waals surface area contributed by atoms with E-state index in [2.05, 4.69) is 55.5 Å². The predicted octanol–water partition coefficient (Wildman–Crippen LogP) is 5.66. The monoisotopic (exact) mass is 828 g/mol. The average Bonchev–Trinajstić information content (AvgIpc) is 3.45. The molecule has 0 bridgehead atoms. The first-order valence-electron chi connectivity index (χ1n) is 18.5. The molecule has 14 nitrogen and oxygen atoms in total. The normalized spacial score (nSPS) is 17.1. The standard InChI is InChI=1S/C40H42ClN8O6PS/c1-55-30-21-24(11-12-27(30)45-40-42-22-26(41)36(47-40)44-28-8-4-5-9-31(28)56(2)3)48-18-15-23(16-19-48)43-34(51)17-20-57-32-10-6-7-25-35(32)39(54)49(38(25)53)29-13-14-33(50)46-37(29)52/h4-12,21-23,29H,13-20H2,1-3H3,(H,43,51)(H,46,50,52)(H2,42,44,45,47). The number of hydrogen-bond acceptors (Lipinski definition) is 12. The summed E-state index contributed by atoms with van der Waals surface area (Å²) in [5, 5.41) is 13.6. The smallest absolute Gasteiger partial charge is 0.263 e.